The number of carbonyl (C=O) groups excluding carboxylic acids is 1. The van der Waals surface area contributed by atoms with Crippen molar-refractivity contribution < 1.29 is 9.53 Å². The number of methoxy groups -OCH3 is 1. The second kappa shape index (κ2) is 5.21. The third kappa shape index (κ3) is 2.60. The molecule has 0 unspecified atom stereocenters. The molecule has 1 aliphatic carbocycles. The van der Waals surface area contributed by atoms with E-state index in [9.17, 15) is 4.79 Å². The summed E-state index contributed by atoms with van der Waals surface area (Å²) in [7, 11) is 1.71. The predicted octanol–water partition coefficient (Wildman–Crippen LogP) is 2.08. The zero-order valence-corrected chi connectivity index (χ0v) is 10.5. The Hall–Kier alpha value is -1.51. The molecular weight excluding hydrogens is 214 g/mol. The molecule has 3 nitrogen and oxygen atoms in total. The van der Waals surface area contributed by atoms with E-state index in [4.69, 9.17) is 4.74 Å². The first-order chi connectivity index (χ1) is 8.24. The molecule has 1 aromatic carbocycles. The second-order valence-electron chi connectivity index (χ2n) is 4.46. The van der Waals surface area contributed by atoms with Crippen LogP contribution in [0, 0.1) is 0 Å². The van der Waals surface area contributed by atoms with Crippen molar-refractivity contribution in [2.45, 2.75) is 38.6 Å². The van der Waals surface area contributed by atoms with Gasteiger partial charge < -0.3 is 10.1 Å². The molecule has 1 atom stereocenters. The summed E-state index contributed by atoms with van der Waals surface area (Å²) in [6.45, 7) is 1.88. The molecular formula is C14H19NO2. The van der Waals surface area contributed by atoms with Gasteiger partial charge in [-0.05, 0) is 36.5 Å². The lowest BCUT2D eigenvalue weighted by molar-refractivity contribution is -0.121. The molecule has 0 radical (unpaired) electrons. The first-order valence-corrected chi connectivity index (χ1v) is 6.18. The van der Waals surface area contributed by atoms with Crippen LogP contribution >= 0.6 is 0 Å². The van der Waals surface area contributed by atoms with Crippen molar-refractivity contribution in [1.29, 1.82) is 0 Å². The summed E-state index contributed by atoms with van der Waals surface area (Å²) in [4.78, 5) is 11.4. The zero-order chi connectivity index (χ0) is 12.3. The average molecular weight is 233 g/mol. The summed E-state index contributed by atoms with van der Waals surface area (Å²) in [5.41, 5.74) is 2.61. The van der Waals surface area contributed by atoms with Crippen molar-refractivity contribution in [1.82, 2.24) is 5.32 Å². The summed E-state index contributed by atoms with van der Waals surface area (Å²) < 4.78 is 5.36. The topological polar surface area (TPSA) is 38.3 Å². The standard InChI is InChI=1S/C14H19NO2/c1-3-14(16)15-11-7-8-12-10(9-11)5-4-6-13(12)17-2/h4-6,11H,3,7-9H2,1-2H3,(H,15,16)/t11-/m1/s1. The Balaban J connectivity index is 2.11. The number of benzene rings is 1. The molecule has 1 amide bonds. The van der Waals surface area contributed by atoms with E-state index in [1.165, 1.54) is 11.1 Å². The molecule has 0 bridgehead atoms. The number of hydrogen-bond acceptors (Lipinski definition) is 2. The van der Waals surface area contributed by atoms with E-state index in [0.717, 1.165) is 25.0 Å². The molecule has 0 saturated carbocycles. The Labute approximate surface area is 102 Å². The minimum atomic E-state index is 0.140. The van der Waals surface area contributed by atoms with Gasteiger partial charge in [0.2, 0.25) is 5.91 Å². The van der Waals surface area contributed by atoms with Crippen molar-refractivity contribution in [2.24, 2.45) is 0 Å². The fourth-order valence-electron chi connectivity index (χ4n) is 2.42. The molecule has 0 aliphatic heterocycles. The van der Waals surface area contributed by atoms with Crippen molar-refractivity contribution in [3.05, 3.63) is 29.3 Å². The molecule has 1 aromatic rings. The maximum atomic E-state index is 11.4. The van der Waals surface area contributed by atoms with E-state index in [0.29, 0.717) is 6.42 Å². The van der Waals surface area contributed by atoms with E-state index < -0.39 is 0 Å². The van der Waals surface area contributed by atoms with Gasteiger partial charge in [0, 0.05) is 12.5 Å². The van der Waals surface area contributed by atoms with Crippen LogP contribution < -0.4 is 10.1 Å². The van der Waals surface area contributed by atoms with Gasteiger partial charge in [-0.25, -0.2) is 0 Å². The quantitative estimate of drug-likeness (QED) is 0.868. The first kappa shape index (κ1) is 12.0. The van der Waals surface area contributed by atoms with Gasteiger partial charge in [0.1, 0.15) is 5.75 Å². The van der Waals surface area contributed by atoms with Gasteiger partial charge in [0.25, 0.3) is 0 Å². The maximum Gasteiger partial charge on any atom is 0.219 e. The van der Waals surface area contributed by atoms with E-state index in [-0.39, 0.29) is 11.9 Å². The lowest BCUT2D eigenvalue weighted by Crippen LogP contribution is -2.38. The van der Waals surface area contributed by atoms with Crippen LogP contribution in [0.15, 0.2) is 18.2 Å². The summed E-state index contributed by atoms with van der Waals surface area (Å²) in [6.07, 6.45) is 3.45. The van der Waals surface area contributed by atoms with Gasteiger partial charge in [0.05, 0.1) is 7.11 Å². The van der Waals surface area contributed by atoms with Crippen LogP contribution in [0.3, 0.4) is 0 Å². The Morgan fingerprint density at radius 1 is 1.53 bits per heavy atom. The van der Waals surface area contributed by atoms with E-state index >= 15 is 0 Å². The van der Waals surface area contributed by atoms with Crippen LogP contribution in [0.5, 0.6) is 5.75 Å². The Morgan fingerprint density at radius 3 is 3.06 bits per heavy atom. The molecule has 0 saturated heterocycles. The monoisotopic (exact) mass is 233 g/mol. The number of hydrogen-bond donors (Lipinski definition) is 1. The molecule has 1 N–H and O–H groups in total. The number of fused-ring (bicyclic) bond motifs is 1. The third-order valence-electron chi connectivity index (χ3n) is 3.35. The Morgan fingerprint density at radius 2 is 2.35 bits per heavy atom. The van der Waals surface area contributed by atoms with Crippen LogP contribution in [-0.4, -0.2) is 19.1 Å². The smallest absolute Gasteiger partial charge is 0.219 e. The van der Waals surface area contributed by atoms with E-state index in [1.807, 2.05) is 19.1 Å². The molecule has 0 spiro atoms. The summed E-state index contributed by atoms with van der Waals surface area (Å²) >= 11 is 0. The number of nitrogens with one attached hydrogen (secondary N) is 1. The first-order valence-electron chi connectivity index (χ1n) is 6.18. The number of amides is 1. The van der Waals surface area contributed by atoms with Crippen LogP contribution in [0.4, 0.5) is 0 Å². The van der Waals surface area contributed by atoms with Gasteiger partial charge in [0.15, 0.2) is 0 Å². The van der Waals surface area contributed by atoms with Gasteiger partial charge in [-0.1, -0.05) is 19.1 Å². The zero-order valence-electron chi connectivity index (χ0n) is 10.5. The van der Waals surface area contributed by atoms with Crippen molar-refractivity contribution >= 4 is 5.91 Å². The van der Waals surface area contributed by atoms with Crippen molar-refractivity contribution in [3.8, 4) is 5.75 Å². The van der Waals surface area contributed by atoms with Crippen LogP contribution in [0.1, 0.15) is 30.9 Å². The van der Waals surface area contributed by atoms with Gasteiger partial charge in [-0.3, -0.25) is 4.79 Å². The molecule has 0 aromatic heterocycles. The lowest BCUT2D eigenvalue weighted by Gasteiger charge is -2.26. The minimum absolute atomic E-state index is 0.140. The maximum absolute atomic E-state index is 11.4. The predicted molar refractivity (Wildman–Crippen MR) is 67.2 cm³/mol. The Kier molecular flexibility index (Phi) is 3.67. The molecule has 1 aliphatic rings. The van der Waals surface area contributed by atoms with Gasteiger partial charge in [-0.15, -0.1) is 0 Å². The normalized spacial score (nSPS) is 18.4. The molecule has 0 fully saturated rings. The minimum Gasteiger partial charge on any atom is -0.496 e. The highest BCUT2D eigenvalue weighted by atomic mass is 16.5. The van der Waals surface area contributed by atoms with Crippen LogP contribution in [-0.2, 0) is 17.6 Å². The van der Waals surface area contributed by atoms with E-state index in [1.54, 1.807) is 7.11 Å². The van der Waals surface area contributed by atoms with Crippen LogP contribution in [0.25, 0.3) is 0 Å². The summed E-state index contributed by atoms with van der Waals surface area (Å²) in [6, 6.07) is 6.43. The average Bonchev–Trinajstić information content (AvgIpc) is 2.37. The van der Waals surface area contributed by atoms with E-state index in [2.05, 4.69) is 11.4 Å². The fraction of sp³-hybridized carbons (Fsp3) is 0.500. The second-order valence-corrected chi connectivity index (χ2v) is 4.46. The molecule has 0 heterocycles. The number of carbonyl (C=O) groups is 1. The summed E-state index contributed by atoms with van der Waals surface area (Å²) in [5.74, 6) is 1.11. The Bertz CT molecular complexity index is 415. The molecule has 3 heteroatoms. The highest BCUT2D eigenvalue weighted by Crippen LogP contribution is 2.29. The van der Waals surface area contributed by atoms with Crippen molar-refractivity contribution in [3.63, 3.8) is 0 Å². The van der Waals surface area contributed by atoms with Crippen molar-refractivity contribution in [2.75, 3.05) is 7.11 Å². The number of ether oxygens (including phenoxy) is 1. The largest absolute Gasteiger partial charge is 0.496 e. The van der Waals surface area contributed by atoms with Gasteiger partial charge in [-0.2, -0.15) is 0 Å². The van der Waals surface area contributed by atoms with Gasteiger partial charge >= 0.3 is 0 Å². The fourth-order valence-corrected chi connectivity index (χ4v) is 2.42. The van der Waals surface area contributed by atoms with Crippen LogP contribution in [0.2, 0.25) is 0 Å². The molecule has 2 rings (SSSR count). The molecule has 92 valence electrons. The lowest BCUT2D eigenvalue weighted by atomic mass is 9.87. The molecule has 17 heavy (non-hydrogen) atoms. The number of rotatable bonds is 3. The highest BCUT2D eigenvalue weighted by Gasteiger charge is 2.21. The highest BCUT2D eigenvalue weighted by molar-refractivity contribution is 5.75. The summed E-state index contributed by atoms with van der Waals surface area (Å²) in [5, 5.41) is 3.07. The third-order valence-corrected chi connectivity index (χ3v) is 3.35. The SMILES string of the molecule is CCC(=O)N[C@@H]1CCc2c(cccc2OC)C1.